The molecule has 1 heterocycles. The number of imide groups is 1. The smallest absolute Gasteiger partial charge is 0.373 e. The van der Waals surface area contributed by atoms with E-state index in [0.717, 1.165) is 12.1 Å². The van der Waals surface area contributed by atoms with Gasteiger partial charge in [0.1, 0.15) is 6.04 Å². The third-order valence-electron chi connectivity index (χ3n) is 2.59. The fourth-order valence-electron chi connectivity index (χ4n) is 1.73. The average molecular weight is 293 g/mol. The number of hydrogen-bond donors (Lipinski definition) is 2. The number of carbonyl (C=O) groups excluding carboxylic acids is 2. The van der Waals surface area contributed by atoms with Gasteiger partial charge in [0.25, 0.3) is 0 Å². The molecule has 1 aromatic rings. The zero-order valence-electron chi connectivity index (χ0n) is 9.34. The Morgan fingerprint density at radius 2 is 2.00 bits per heavy atom. The van der Waals surface area contributed by atoms with E-state index in [1.165, 1.54) is 6.07 Å². The molecular formula is C11H8ClF3N2O2. The van der Waals surface area contributed by atoms with Gasteiger partial charge in [0.2, 0.25) is 11.8 Å². The Balaban J connectivity index is 2.30. The highest BCUT2D eigenvalue weighted by atomic mass is 35.5. The van der Waals surface area contributed by atoms with Crippen LogP contribution in [0.15, 0.2) is 18.2 Å². The van der Waals surface area contributed by atoms with E-state index in [1.807, 2.05) is 5.32 Å². The van der Waals surface area contributed by atoms with Crippen molar-refractivity contribution in [2.45, 2.75) is 18.6 Å². The molecule has 0 saturated carbocycles. The summed E-state index contributed by atoms with van der Waals surface area (Å²) in [4.78, 5) is 22.3. The number of rotatable bonds is 2. The normalized spacial score (nSPS) is 19.5. The molecule has 4 nitrogen and oxygen atoms in total. The first kappa shape index (κ1) is 13.7. The van der Waals surface area contributed by atoms with Gasteiger partial charge in [0.15, 0.2) is 0 Å². The quantitative estimate of drug-likeness (QED) is 0.822. The van der Waals surface area contributed by atoms with E-state index in [9.17, 15) is 22.8 Å². The molecule has 2 N–H and O–H groups in total. The minimum atomic E-state index is -4.60. The van der Waals surface area contributed by atoms with Gasteiger partial charge in [-0.05, 0) is 18.2 Å². The summed E-state index contributed by atoms with van der Waals surface area (Å²) in [5.74, 6) is -1.17. The molecule has 0 aliphatic carbocycles. The zero-order chi connectivity index (χ0) is 14.2. The molecule has 8 heteroatoms. The Bertz CT molecular complexity index is 545. The maximum absolute atomic E-state index is 12.8. The first-order valence-electron chi connectivity index (χ1n) is 5.24. The van der Waals surface area contributed by atoms with E-state index < -0.39 is 29.6 Å². The maximum atomic E-state index is 12.8. The van der Waals surface area contributed by atoms with Crippen molar-refractivity contribution in [3.05, 3.63) is 28.8 Å². The molecular weight excluding hydrogens is 285 g/mol. The van der Waals surface area contributed by atoms with Gasteiger partial charge in [-0.25, -0.2) is 0 Å². The largest absolute Gasteiger partial charge is 0.418 e. The molecule has 1 aromatic carbocycles. The highest BCUT2D eigenvalue weighted by Crippen LogP contribution is 2.37. The first-order chi connectivity index (χ1) is 8.77. The fourth-order valence-corrected chi connectivity index (χ4v) is 1.91. The van der Waals surface area contributed by atoms with Crippen LogP contribution in [-0.4, -0.2) is 17.9 Å². The van der Waals surface area contributed by atoms with Crippen molar-refractivity contribution < 1.29 is 22.8 Å². The van der Waals surface area contributed by atoms with Crippen molar-refractivity contribution in [2.24, 2.45) is 0 Å². The van der Waals surface area contributed by atoms with Gasteiger partial charge in [-0.3, -0.25) is 14.9 Å². The van der Waals surface area contributed by atoms with Crippen LogP contribution in [0.2, 0.25) is 5.02 Å². The molecule has 2 amide bonds. The van der Waals surface area contributed by atoms with E-state index >= 15 is 0 Å². The lowest BCUT2D eigenvalue weighted by Crippen LogP contribution is -2.30. The number of carbonyl (C=O) groups is 2. The summed E-state index contributed by atoms with van der Waals surface area (Å²) in [5.41, 5.74) is -1.26. The lowest BCUT2D eigenvalue weighted by Gasteiger charge is -2.17. The number of alkyl halides is 3. The topological polar surface area (TPSA) is 58.2 Å². The maximum Gasteiger partial charge on any atom is 0.418 e. The van der Waals surface area contributed by atoms with Crippen LogP contribution >= 0.6 is 11.6 Å². The van der Waals surface area contributed by atoms with Crippen LogP contribution in [0.5, 0.6) is 0 Å². The highest BCUT2D eigenvalue weighted by molar-refractivity contribution is 6.30. The zero-order valence-corrected chi connectivity index (χ0v) is 10.1. The van der Waals surface area contributed by atoms with Crippen molar-refractivity contribution >= 4 is 29.1 Å². The van der Waals surface area contributed by atoms with Crippen LogP contribution in [0.3, 0.4) is 0 Å². The van der Waals surface area contributed by atoms with Crippen LogP contribution in [0.25, 0.3) is 0 Å². The van der Waals surface area contributed by atoms with Crippen LogP contribution in [-0.2, 0) is 15.8 Å². The predicted octanol–water partition coefficient (Wildman–Crippen LogP) is 2.19. The van der Waals surface area contributed by atoms with Crippen molar-refractivity contribution in [2.75, 3.05) is 5.32 Å². The van der Waals surface area contributed by atoms with Crippen molar-refractivity contribution in [3.8, 4) is 0 Å². The molecule has 1 aliphatic heterocycles. The lowest BCUT2D eigenvalue weighted by atomic mass is 10.1. The molecule has 0 bridgehead atoms. The van der Waals surface area contributed by atoms with Gasteiger partial charge < -0.3 is 5.32 Å². The molecule has 1 atom stereocenters. The molecule has 2 rings (SSSR count). The Labute approximate surface area is 110 Å². The average Bonchev–Trinajstić information content (AvgIpc) is 2.58. The minimum Gasteiger partial charge on any atom is -0.373 e. The Hall–Kier alpha value is -1.76. The molecule has 0 spiro atoms. The Morgan fingerprint density at radius 1 is 1.32 bits per heavy atom. The molecule has 1 fully saturated rings. The van der Waals surface area contributed by atoms with E-state index in [4.69, 9.17) is 11.6 Å². The molecule has 1 unspecified atom stereocenters. The van der Waals surface area contributed by atoms with Gasteiger partial charge >= 0.3 is 6.18 Å². The summed E-state index contributed by atoms with van der Waals surface area (Å²) in [5, 5.41) is 4.36. The number of nitrogens with one attached hydrogen (secondary N) is 2. The van der Waals surface area contributed by atoms with Crippen molar-refractivity contribution in [1.82, 2.24) is 5.32 Å². The second-order valence-corrected chi connectivity index (χ2v) is 4.44. The molecule has 0 radical (unpaired) electrons. The van der Waals surface area contributed by atoms with Gasteiger partial charge in [-0.1, -0.05) is 11.6 Å². The number of halogens is 4. The highest BCUT2D eigenvalue weighted by Gasteiger charge is 2.36. The minimum absolute atomic E-state index is 0.0650. The number of hydrogen-bond acceptors (Lipinski definition) is 3. The summed E-state index contributed by atoms with van der Waals surface area (Å²) in [6.45, 7) is 0. The molecule has 102 valence electrons. The second-order valence-electron chi connectivity index (χ2n) is 4.00. The molecule has 1 aliphatic rings. The van der Waals surface area contributed by atoms with Gasteiger partial charge in [0, 0.05) is 10.7 Å². The summed E-state index contributed by atoms with van der Waals surface area (Å²) >= 11 is 5.53. The Morgan fingerprint density at radius 3 is 2.53 bits per heavy atom. The summed E-state index contributed by atoms with van der Waals surface area (Å²) in [6, 6.07) is 2.16. The monoisotopic (exact) mass is 292 g/mol. The second kappa shape index (κ2) is 4.73. The van der Waals surface area contributed by atoms with E-state index in [0.29, 0.717) is 0 Å². The molecule has 0 aromatic heterocycles. The molecule has 19 heavy (non-hydrogen) atoms. The number of amides is 2. The fraction of sp³-hybridized carbons (Fsp3) is 0.273. The van der Waals surface area contributed by atoms with E-state index in [2.05, 4.69) is 5.32 Å². The standard InChI is InChI=1S/C11H8ClF3N2O2/c12-5-1-2-7(6(3-5)11(13,14)15)16-8-4-9(18)17-10(8)19/h1-3,8,16H,4H2,(H,17,18,19). The first-order valence-corrected chi connectivity index (χ1v) is 5.62. The SMILES string of the molecule is O=C1CC(Nc2ccc(Cl)cc2C(F)(F)F)C(=O)N1. The third kappa shape index (κ3) is 2.98. The predicted molar refractivity (Wildman–Crippen MR) is 61.6 cm³/mol. The van der Waals surface area contributed by atoms with Crippen LogP contribution < -0.4 is 10.6 Å². The van der Waals surface area contributed by atoms with Gasteiger partial charge in [-0.2, -0.15) is 13.2 Å². The summed E-state index contributed by atoms with van der Waals surface area (Å²) < 4.78 is 38.4. The third-order valence-corrected chi connectivity index (χ3v) is 2.82. The van der Waals surface area contributed by atoms with Crippen LogP contribution in [0, 0.1) is 0 Å². The van der Waals surface area contributed by atoms with Gasteiger partial charge in [-0.15, -0.1) is 0 Å². The van der Waals surface area contributed by atoms with E-state index in [1.54, 1.807) is 0 Å². The number of anilines is 1. The molecule has 1 saturated heterocycles. The number of benzene rings is 1. The summed E-state index contributed by atoms with van der Waals surface area (Å²) in [6.07, 6.45) is -4.80. The van der Waals surface area contributed by atoms with Crippen LogP contribution in [0.1, 0.15) is 12.0 Å². The van der Waals surface area contributed by atoms with Crippen molar-refractivity contribution in [3.63, 3.8) is 0 Å². The van der Waals surface area contributed by atoms with E-state index in [-0.39, 0.29) is 17.1 Å². The van der Waals surface area contributed by atoms with Crippen molar-refractivity contribution in [1.29, 1.82) is 0 Å². The summed E-state index contributed by atoms with van der Waals surface area (Å²) in [7, 11) is 0. The Kier molecular flexibility index (Phi) is 3.40. The lowest BCUT2D eigenvalue weighted by molar-refractivity contribution is -0.137. The van der Waals surface area contributed by atoms with Crippen LogP contribution in [0.4, 0.5) is 18.9 Å². The van der Waals surface area contributed by atoms with Gasteiger partial charge in [0.05, 0.1) is 12.0 Å².